The first-order chi connectivity index (χ1) is 9.56. The van der Waals surface area contributed by atoms with Crippen LogP contribution in [0.1, 0.15) is 12.5 Å². The van der Waals surface area contributed by atoms with E-state index in [0.29, 0.717) is 17.5 Å². The molecule has 1 aromatic rings. The zero-order valence-corrected chi connectivity index (χ0v) is 12.5. The molecule has 0 heterocycles. The Labute approximate surface area is 123 Å². The zero-order chi connectivity index (χ0) is 15.0. The average molecular weight is 297 g/mol. The van der Waals surface area contributed by atoms with Crippen LogP contribution in [-0.4, -0.2) is 43.3 Å². The third-order valence-electron chi connectivity index (χ3n) is 2.38. The van der Waals surface area contributed by atoms with Crippen molar-refractivity contribution in [2.45, 2.75) is 13.0 Å². The van der Waals surface area contributed by atoms with E-state index in [4.69, 9.17) is 21.7 Å². The van der Waals surface area contributed by atoms with Crippen molar-refractivity contribution in [3.63, 3.8) is 0 Å². The van der Waals surface area contributed by atoms with Crippen LogP contribution in [0.2, 0.25) is 0 Å². The molecule has 7 heteroatoms. The fourth-order valence-electron chi connectivity index (χ4n) is 1.50. The van der Waals surface area contributed by atoms with Gasteiger partial charge in [0.2, 0.25) is 0 Å². The predicted molar refractivity (Wildman–Crippen MR) is 82.5 cm³/mol. The number of benzene rings is 1. The van der Waals surface area contributed by atoms with Crippen molar-refractivity contribution in [2.75, 3.05) is 20.8 Å². The molecule has 0 saturated carbocycles. The number of nitrogens with one attached hydrogen (secondary N) is 2. The van der Waals surface area contributed by atoms with Gasteiger partial charge in [0.1, 0.15) is 0 Å². The minimum Gasteiger partial charge on any atom is -0.504 e. The molecule has 3 N–H and O–H groups in total. The van der Waals surface area contributed by atoms with Crippen LogP contribution in [0.3, 0.4) is 0 Å². The first-order valence-electron chi connectivity index (χ1n) is 6.02. The quantitative estimate of drug-likeness (QED) is 0.417. The number of hydrogen-bond acceptors (Lipinski definition) is 5. The standard InChI is InChI=1S/C13H19N3O3S/c1-9(8-18-2)15-13(20)16-14-7-10-4-5-12(19-3)11(17)6-10/h4-7,9,17H,8H2,1-3H3,(H2,15,16,20)/b14-7-/t9-/m0/s1. The van der Waals surface area contributed by atoms with E-state index < -0.39 is 0 Å². The third kappa shape index (κ3) is 5.41. The van der Waals surface area contributed by atoms with Crippen molar-refractivity contribution >= 4 is 23.5 Å². The highest BCUT2D eigenvalue weighted by Crippen LogP contribution is 2.25. The molecule has 0 aliphatic carbocycles. The highest BCUT2D eigenvalue weighted by Gasteiger charge is 2.02. The third-order valence-corrected chi connectivity index (χ3v) is 2.59. The van der Waals surface area contributed by atoms with Crippen LogP contribution in [0.4, 0.5) is 0 Å². The molecular formula is C13H19N3O3S. The molecule has 0 unspecified atom stereocenters. The maximum absolute atomic E-state index is 9.62. The second-order valence-electron chi connectivity index (χ2n) is 4.13. The molecule has 0 spiro atoms. The van der Waals surface area contributed by atoms with Crippen LogP contribution >= 0.6 is 12.2 Å². The van der Waals surface area contributed by atoms with Crippen molar-refractivity contribution < 1.29 is 14.6 Å². The average Bonchev–Trinajstić information content (AvgIpc) is 2.39. The molecule has 1 rings (SSSR count). The number of aromatic hydroxyl groups is 1. The summed E-state index contributed by atoms with van der Waals surface area (Å²) in [4.78, 5) is 0. The maximum atomic E-state index is 9.62. The molecular weight excluding hydrogens is 278 g/mol. The van der Waals surface area contributed by atoms with Crippen molar-refractivity contribution in [1.29, 1.82) is 0 Å². The largest absolute Gasteiger partial charge is 0.504 e. The van der Waals surface area contributed by atoms with Gasteiger partial charge in [-0.3, -0.25) is 5.43 Å². The molecule has 0 saturated heterocycles. The maximum Gasteiger partial charge on any atom is 0.187 e. The van der Waals surface area contributed by atoms with E-state index in [9.17, 15) is 5.11 Å². The second-order valence-corrected chi connectivity index (χ2v) is 4.54. The van der Waals surface area contributed by atoms with Gasteiger partial charge in [0, 0.05) is 13.2 Å². The lowest BCUT2D eigenvalue weighted by Crippen LogP contribution is -2.40. The summed E-state index contributed by atoms with van der Waals surface area (Å²) in [5.74, 6) is 0.478. The summed E-state index contributed by atoms with van der Waals surface area (Å²) < 4.78 is 9.94. The number of rotatable bonds is 6. The van der Waals surface area contributed by atoms with Gasteiger partial charge < -0.3 is 19.9 Å². The van der Waals surface area contributed by atoms with Gasteiger partial charge in [-0.1, -0.05) is 0 Å². The van der Waals surface area contributed by atoms with Crippen LogP contribution in [0.5, 0.6) is 11.5 Å². The van der Waals surface area contributed by atoms with E-state index in [2.05, 4.69) is 15.8 Å². The van der Waals surface area contributed by atoms with Crippen LogP contribution in [-0.2, 0) is 4.74 Å². The smallest absolute Gasteiger partial charge is 0.187 e. The van der Waals surface area contributed by atoms with E-state index in [1.54, 1.807) is 31.5 Å². The summed E-state index contributed by atoms with van der Waals surface area (Å²) in [5, 5.41) is 17.0. The van der Waals surface area contributed by atoms with E-state index in [-0.39, 0.29) is 11.8 Å². The lowest BCUT2D eigenvalue weighted by atomic mass is 10.2. The summed E-state index contributed by atoms with van der Waals surface area (Å²) in [6.45, 7) is 2.50. The molecule has 0 bridgehead atoms. The van der Waals surface area contributed by atoms with E-state index >= 15 is 0 Å². The minimum absolute atomic E-state index is 0.0610. The first-order valence-corrected chi connectivity index (χ1v) is 6.43. The van der Waals surface area contributed by atoms with Crippen molar-refractivity contribution in [3.05, 3.63) is 23.8 Å². The highest BCUT2D eigenvalue weighted by atomic mass is 32.1. The number of thiocarbonyl (C=S) groups is 1. The highest BCUT2D eigenvalue weighted by molar-refractivity contribution is 7.80. The molecule has 1 aromatic carbocycles. The summed E-state index contributed by atoms with van der Waals surface area (Å²) >= 11 is 5.06. The molecule has 0 radical (unpaired) electrons. The van der Waals surface area contributed by atoms with Gasteiger partial charge in [-0.05, 0) is 42.9 Å². The molecule has 110 valence electrons. The SMILES string of the molecule is COC[C@H](C)NC(=S)N/N=C\c1ccc(OC)c(O)c1. The Bertz CT molecular complexity index is 480. The number of hydrazone groups is 1. The number of ether oxygens (including phenoxy) is 2. The molecule has 0 aromatic heterocycles. The summed E-state index contributed by atoms with van der Waals surface area (Å²) in [6, 6.07) is 5.08. The summed E-state index contributed by atoms with van der Waals surface area (Å²) in [7, 11) is 3.12. The summed E-state index contributed by atoms with van der Waals surface area (Å²) in [6.07, 6.45) is 1.55. The van der Waals surface area contributed by atoms with Crippen LogP contribution in [0.15, 0.2) is 23.3 Å². The van der Waals surface area contributed by atoms with Gasteiger partial charge in [-0.25, -0.2) is 0 Å². The number of methoxy groups -OCH3 is 2. The van der Waals surface area contributed by atoms with Crippen LogP contribution in [0.25, 0.3) is 0 Å². The van der Waals surface area contributed by atoms with Gasteiger partial charge in [0.25, 0.3) is 0 Å². The predicted octanol–water partition coefficient (Wildman–Crippen LogP) is 1.23. The van der Waals surface area contributed by atoms with Crippen molar-refractivity contribution in [2.24, 2.45) is 5.10 Å². The Morgan fingerprint density at radius 3 is 2.85 bits per heavy atom. The molecule has 0 aliphatic heterocycles. The van der Waals surface area contributed by atoms with Crippen LogP contribution in [0, 0.1) is 0 Å². The number of phenols is 1. The molecule has 0 amide bonds. The first kappa shape index (κ1) is 16.2. The number of nitrogens with zero attached hydrogens (tertiary/aromatic N) is 1. The molecule has 20 heavy (non-hydrogen) atoms. The normalized spacial score (nSPS) is 12.2. The van der Waals surface area contributed by atoms with E-state index in [0.717, 1.165) is 5.56 Å². The van der Waals surface area contributed by atoms with Gasteiger partial charge in [-0.15, -0.1) is 0 Å². The van der Waals surface area contributed by atoms with Gasteiger partial charge >= 0.3 is 0 Å². The number of phenolic OH excluding ortho intramolecular Hbond substituents is 1. The minimum atomic E-state index is 0.0610. The van der Waals surface area contributed by atoms with Gasteiger partial charge in [-0.2, -0.15) is 5.10 Å². The van der Waals surface area contributed by atoms with E-state index in [1.807, 2.05) is 6.92 Å². The zero-order valence-electron chi connectivity index (χ0n) is 11.7. The fourth-order valence-corrected chi connectivity index (χ4v) is 1.75. The molecule has 0 aliphatic rings. The lowest BCUT2D eigenvalue weighted by Gasteiger charge is -2.13. The Morgan fingerprint density at radius 1 is 1.50 bits per heavy atom. The van der Waals surface area contributed by atoms with Gasteiger partial charge in [0.15, 0.2) is 16.6 Å². The van der Waals surface area contributed by atoms with Crippen LogP contribution < -0.4 is 15.5 Å². The number of hydrogen-bond donors (Lipinski definition) is 3. The monoisotopic (exact) mass is 297 g/mol. The fraction of sp³-hybridized carbons (Fsp3) is 0.385. The van der Waals surface area contributed by atoms with Gasteiger partial charge in [0.05, 0.1) is 19.9 Å². The Balaban J connectivity index is 2.48. The van der Waals surface area contributed by atoms with Crippen molar-refractivity contribution in [1.82, 2.24) is 10.7 Å². The van der Waals surface area contributed by atoms with Crippen molar-refractivity contribution in [3.8, 4) is 11.5 Å². The summed E-state index contributed by atoms with van der Waals surface area (Å²) in [5.41, 5.74) is 3.42. The Morgan fingerprint density at radius 2 is 2.25 bits per heavy atom. The lowest BCUT2D eigenvalue weighted by molar-refractivity contribution is 0.179. The molecule has 0 fully saturated rings. The Kier molecular flexibility index (Phi) is 6.75. The van der Waals surface area contributed by atoms with E-state index in [1.165, 1.54) is 7.11 Å². The topological polar surface area (TPSA) is 75.1 Å². The Hall–Kier alpha value is -1.86. The molecule has 1 atom stereocenters. The molecule has 6 nitrogen and oxygen atoms in total. The second kappa shape index (κ2) is 8.34.